The van der Waals surface area contributed by atoms with E-state index in [1.807, 2.05) is 44.2 Å². The number of ether oxygens (including phenoxy) is 2. The van der Waals surface area contributed by atoms with Gasteiger partial charge in [0.25, 0.3) is 0 Å². The Morgan fingerprint density at radius 2 is 2.09 bits per heavy atom. The Bertz CT molecular complexity index is 545. The van der Waals surface area contributed by atoms with Crippen molar-refractivity contribution in [2.75, 3.05) is 13.2 Å². The van der Waals surface area contributed by atoms with Gasteiger partial charge in [0.1, 0.15) is 6.61 Å². The van der Waals surface area contributed by atoms with Gasteiger partial charge in [0.05, 0.1) is 25.2 Å². The molecule has 1 aliphatic heterocycles. The summed E-state index contributed by atoms with van der Waals surface area (Å²) in [6, 6.07) is 9.32. The number of benzene rings is 1. The molecule has 126 valence electrons. The van der Waals surface area contributed by atoms with Crippen molar-refractivity contribution in [2.24, 2.45) is 11.8 Å². The molecule has 2 unspecified atom stereocenters. The third-order valence-corrected chi connectivity index (χ3v) is 4.20. The molecule has 6 nitrogen and oxygen atoms in total. The minimum atomic E-state index is -0.968. The highest BCUT2D eigenvalue weighted by atomic mass is 16.5. The maximum atomic E-state index is 12.1. The number of carbonyl (C=O) groups is 2. The van der Waals surface area contributed by atoms with Crippen LogP contribution < -0.4 is 5.32 Å². The van der Waals surface area contributed by atoms with Gasteiger partial charge in [-0.2, -0.15) is 0 Å². The van der Waals surface area contributed by atoms with E-state index in [1.54, 1.807) is 0 Å². The average Bonchev–Trinajstić information content (AvgIpc) is 2.88. The van der Waals surface area contributed by atoms with E-state index in [-0.39, 0.29) is 31.5 Å². The third kappa shape index (κ3) is 4.45. The van der Waals surface area contributed by atoms with Gasteiger partial charge in [-0.1, -0.05) is 44.2 Å². The molecule has 0 bridgehead atoms. The van der Waals surface area contributed by atoms with Gasteiger partial charge in [0, 0.05) is 5.92 Å². The van der Waals surface area contributed by atoms with Crippen LogP contribution in [0.5, 0.6) is 0 Å². The SMILES string of the molecule is CC(C)C1COCC1(CC(=O)O)NC(=O)OCc1ccccc1. The van der Waals surface area contributed by atoms with E-state index in [4.69, 9.17) is 9.47 Å². The van der Waals surface area contributed by atoms with Gasteiger partial charge in [-0.15, -0.1) is 0 Å². The summed E-state index contributed by atoms with van der Waals surface area (Å²) in [5.41, 5.74) is -0.0497. The molecule has 1 aromatic carbocycles. The van der Waals surface area contributed by atoms with E-state index in [1.165, 1.54) is 0 Å². The summed E-state index contributed by atoms with van der Waals surface area (Å²) in [5, 5.41) is 12.0. The monoisotopic (exact) mass is 321 g/mol. The summed E-state index contributed by atoms with van der Waals surface area (Å²) in [7, 11) is 0. The van der Waals surface area contributed by atoms with Crippen molar-refractivity contribution >= 4 is 12.1 Å². The molecular weight excluding hydrogens is 298 g/mol. The molecule has 1 aliphatic rings. The van der Waals surface area contributed by atoms with Gasteiger partial charge in [0.2, 0.25) is 0 Å². The second-order valence-corrected chi connectivity index (χ2v) is 6.28. The highest BCUT2D eigenvalue weighted by molar-refractivity contribution is 5.73. The molecular formula is C17H23NO5. The number of nitrogens with one attached hydrogen (secondary N) is 1. The lowest BCUT2D eigenvalue weighted by atomic mass is 9.77. The average molecular weight is 321 g/mol. The number of rotatable bonds is 6. The summed E-state index contributed by atoms with van der Waals surface area (Å²) in [6.07, 6.45) is -0.803. The van der Waals surface area contributed by atoms with Crippen LogP contribution in [-0.4, -0.2) is 35.9 Å². The van der Waals surface area contributed by atoms with Crippen LogP contribution in [0.4, 0.5) is 4.79 Å². The molecule has 0 aromatic heterocycles. The summed E-state index contributed by atoms with van der Waals surface area (Å²) >= 11 is 0. The number of alkyl carbamates (subject to hydrolysis) is 1. The first-order chi connectivity index (χ1) is 10.9. The fourth-order valence-corrected chi connectivity index (χ4v) is 3.05. The van der Waals surface area contributed by atoms with E-state index in [0.717, 1.165) is 5.56 Å². The topological polar surface area (TPSA) is 84.9 Å². The molecule has 1 fully saturated rings. The first kappa shape index (κ1) is 17.3. The minimum Gasteiger partial charge on any atom is -0.481 e. The van der Waals surface area contributed by atoms with Gasteiger partial charge in [-0.3, -0.25) is 4.79 Å². The van der Waals surface area contributed by atoms with Crippen LogP contribution in [0.15, 0.2) is 30.3 Å². The molecule has 1 saturated heterocycles. The van der Waals surface area contributed by atoms with Gasteiger partial charge in [0.15, 0.2) is 0 Å². The number of aliphatic carboxylic acids is 1. The summed E-state index contributed by atoms with van der Waals surface area (Å²) in [5.74, 6) is -0.848. The van der Waals surface area contributed by atoms with Crippen LogP contribution in [0.3, 0.4) is 0 Å². The predicted octanol–water partition coefficient (Wildman–Crippen LogP) is 2.43. The molecule has 2 N–H and O–H groups in total. The van der Waals surface area contributed by atoms with Crippen molar-refractivity contribution in [1.29, 1.82) is 0 Å². The number of hydrogen-bond donors (Lipinski definition) is 2. The molecule has 0 spiro atoms. The summed E-state index contributed by atoms with van der Waals surface area (Å²) in [6.45, 7) is 4.75. The molecule has 1 amide bonds. The van der Waals surface area contributed by atoms with Crippen LogP contribution in [-0.2, 0) is 20.9 Å². The zero-order valence-electron chi connectivity index (χ0n) is 13.5. The van der Waals surface area contributed by atoms with E-state index >= 15 is 0 Å². The number of hydrogen-bond acceptors (Lipinski definition) is 4. The fourth-order valence-electron chi connectivity index (χ4n) is 3.05. The van der Waals surface area contributed by atoms with Crippen molar-refractivity contribution in [3.05, 3.63) is 35.9 Å². The first-order valence-electron chi connectivity index (χ1n) is 7.71. The second kappa shape index (κ2) is 7.46. The van der Waals surface area contributed by atoms with Crippen LogP contribution in [0.25, 0.3) is 0 Å². The summed E-state index contributed by atoms with van der Waals surface area (Å²) in [4.78, 5) is 23.4. The van der Waals surface area contributed by atoms with Crippen LogP contribution in [0.1, 0.15) is 25.8 Å². The van der Waals surface area contributed by atoms with E-state index in [2.05, 4.69) is 5.32 Å². The Balaban J connectivity index is 2.02. The van der Waals surface area contributed by atoms with Crippen LogP contribution in [0, 0.1) is 11.8 Å². The first-order valence-corrected chi connectivity index (χ1v) is 7.71. The molecule has 23 heavy (non-hydrogen) atoms. The molecule has 0 saturated carbocycles. The Labute approximate surface area is 135 Å². The zero-order valence-corrected chi connectivity index (χ0v) is 13.5. The molecule has 0 aliphatic carbocycles. The Hall–Kier alpha value is -2.08. The van der Waals surface area contributed by atoms with Gasteiger partial charge >= 0.3 is 12.1 Å². The zero-order chi connectivity index (χ0) is 16.9. The normalized spacial score (nSPS) is 23.7. The van der Waals surface area contributed by atoms with Gasteiger partial charge < -0.3 is 19.9 Å². The second-order valence-electron chi connectivity index (χ2n) is 6.28. The lowest BCUT2D eigenvalue weighted by Gasteiger charge is -2.35. The Kier molecular flexibility index (Phi) is 5.60. The quantitative estimate of drug-likeness (QED) is 0.840. The smallest absolute Gasteiger partial charge is 0.408 e. The maximum Gasteiger partial charge on any atom is 0.408 e. The predicted molar refractivity (Wildman–Crippen MR) is 83.9 cm³/mol. The number of carboxylic acids is 1. The fraction of sp³-hybridized carbons (Fsp3) is 0.529. The van der Waals surface area contributed by atoms with Crippen molar-refractivity contribution in [3.8, 4) is 0 Å². The van der Waals surface area contributed by atoms with Crippen LogP contribution >= 0.6 is 0 Å². The molecule has 6 heteroatoms. The van der Waals surface area contributed by atoms with Crippen molar-refractivity contribution in [1.82, 2.24) is 5.32 Å². The van der Waals surface area contributed by atoms with Crippen LogP contribution in [0.2, 0.25) is 0 Å². The van der Waals surface area contributed by atoms with E-state index < -0.39 is 17.6 Å². The Morgan fingerprint density at radius 3 is 2.70 bits per heavy atom. The minimum absolute atomic E-state index is 0.0668. The number of carboxylic acid groups (broad SMARTS) is 1. The highest BCUT2D eigenvalue weighted by Crippen LogP contribution is 2.34. The molecule has 0 radical (unpaired) electrons. The van der Waals surface area contributed by atoms with Crippen molar-refractivity contribution in [2.45, 2.75) is 32.4 Å². The van der Waals surface area contributed by atoms with Crippen molar-refractivity contribution in [3.63, 3.8) is 0 Å². The Morgan fingerprint density at radius 1 is 1.39 bits per heavy atom. The molecule has 1 aromatic rings. The van der Waals surface area contributed by atoms with E-state index in [9.17, 15) is 14.7 Å². The largest absolute Gasteiger partial charge is 0.481 e. The standard InChI is InChI=1S/C17H23NO5/c1-12(2)14-10-22-11-17(14,8-15(19)20)18-16(21)23-9-13-6-4-3-5-7-13/h3-7,12,14H,8-11H2,1-2H3,(H,18,21)(H,19,20). The molecule has 2 rings (SSSR count). The maximum absolute atomic E-state index is 12.1. The van der Waals surface area contributed by atoms with Gasteiger partial charge in [-0.05, 0) is 11.5 Å². The summed E-state index contributed by atoms with van der Waals surface area (Å²) < 4.78 is 10.7. The van der Waals surface area contributed by atoms with Gasteiger partial charge in [-0.25, -0.2) is 4.79 Å². The van der Waals surface area contributed by atoms with E-state index in [0.29, 0.717) is 6.61 Å². The highest BCUT2D eigenvalue weighted by Gasteiger charge is 2.48. The number of carbonyl (C=O) groups excluding carboxylic acids is 1. The van der Waals surface area contributed by atoms with Crippen molar-refractivity contribution < 1.29 is 24.2 Å². The molecule has 2 atom stereocenters. The lowest BCUT2D eigenvalue weighted by Crippen LogP contribution is -2.56. The lowest BCUT2D eigenvalue weighted by molar-refractivity contribution is -0.139. The number of amides is 1. The third-order valence-electron chi connectivity index (χ3n) is 4.20. The molecule has 1 heterocycles.